The second kappa shape index (κ2) is 9.07. The average molecular weight is 374 g/mol. The monoisotopic (exact) mass is 374 g/mol. The van der Waals surface area contributed by atoms with Crippen LogP contribution in [0.5, 0.6) is 5.88 Å². The number of halogens is 3. The third-order valence-electron chi connectivity index (χ3n) is 3.92. The van der Waals surface area contributed by atoms with Crippen LogP contribution in [0.25, 0.3) is 0 Å². The zero-order valence-corrected chi connectivity index (χ0v) is 15.0. The number of alkyl halides is 3. The third kappa shape index (κ3) is 6.36. The van der Waals surface area contributed by atoms with E-state index in [0.29, 0.717) is 25.6 Å². The van der Waals surface area contributed by atoms with Gasteiger partial charge in [0.1, 0.15) is 6.61 Å². The van der Waals surface area contributed by atoms with E-state index in [1.165, 1.54) is 6.07 Å². The highest BCUT2D eigenvalue weighted by molar-refractivity contribution is 5.79. The molecule has 1 atom stereocenters. The van der Waals surface area contributed by atoms with E-state index in [-0.39, 0.29) is 18.1 Å². The van der Waals surface area contributed by atoms with E-state index < -0.39 is 11.7 Å². The number of hydrogen-bond donors (Lipinski definition) is 2. The molecule has 1 saturated heterocycles. The van der Waals surface area contributed by atoms with Crippen LogP contribution in [0.15, 0.2) is 23.3 Å². The number of nitrogens with one attached hydrogen (secondary N) is 2. The quantitative estimate of drug-likeness (QED) is 0.436. The van der Waals surface area contributed by atoms with E-state index in [2.05, 4.69) is 20.6 Å². The summed E-state index contributed by atoms with van der Waals surface area (Å²) < 4.78 is 48.5. The van der Waals surface area contributed by atoms with Gasteiger partial charge in [-0.15, -0.1) is 0 Å². The first-order chi connectivity index (χ1) is 12.3. The third-order valence-corrected chi connectivity index (χ3v) is 3.92. The Kier molecular flexibility index (Phi) is 7.07. The number of hydrogen-bond acceptors (Lipinski definition) is 4. The molecule has 0 radical (unpaired) electrons. The van der Waals surface area contributed by atoms with E-state index in [9.17, 15) is 13.2 Å². The zero-order chi connectivity index (χ0) is 19.0. The Balaban J connectivity index is 1.77. The molecular formula is C17H25F3N4O2. The largest absolute Gasteiger partial charge is 0.476 e. The Labute approximate surface area is 151 Å². The van der Waals surface area contributed by atoms with Crippen molar-refractivity contribution in [2.75, 3.05) is 32.8 Å². The minimum absolute atomic E-state index is 0.147. The maximum absolute atomic E-state index is 12.5. The summed E-state index contributed by atoms with van der Waals surface area (Å²) in [5.41, 5.74) is -1.02. The summed E-state index contributed by atoms with van der Waals surface area (Å²) in [5, 5.41) is 6.25. The number of aliphatic imine (C=N–C) groups is 1. The molecule has 1 aromatic rings. The molecule has 9 heteroatoms. The van der Waals surface area contributed by atoms with Crippen molar-refractivity contribution in [3.8, 4) is 5.88 Å². The summed E-state index contributed by atoms with van der Waals surface area (Å²) in [6.45, 7) is 6.74. The number of nitrogens with zero attached hydrogens (tertiary/aromatic N) is 2. The highest BCUT2D eigenvalue weighted by atomic mass is 19.4. The smallest absolute Gasteiger partial charge is 0.417 e. The van der Waals surface area contributed by atoms with Crippen molar-refractivity contribution in [2.45, 2.75) is 38.5 Å². The van der Waals surface area contributed by atoms with Crippen molar-refractivity contribution in [3.63, 3.8) is 0 Å². The summed E-state index contributed by atoms with van der Waals surface area (Å²) >= 11 is 0. The molecule has 26 heavy (non-hydrogen) atoms. The summed E-state index contributed by atoms with van der Waals surface area (Å²) in [4.78, 5) is 8.19. The van der Waals surface area contributed by atoms with Crippen LogP contribution < -0.4 is 15.4 Å². The minimum atomic E-state index is -4.40. The lowest BCUT2D eigenvalue weighted by molar-refractivity contribution is -0.137. The topological polar surface area (TPSA) is 67.8 Å². The van der Waals surface area contributed by atoms with Gasteiger partial charge in [0.05, 0.1) is 24.3 Å². The van der Waals surface area contributed by atoms with Gasteiger partial charge in [0.2, 0.25) is 5.88 Å². The molecule has 1 fully saturated rings. The van der Waals surface area contributed by atoms with E-state index >= 15 is 0 Å². The van der Waals surface area contributed by atoms with Gasteiger partial charge >= 0.3 is 6.18 Å². The molecule has 0 spiro atoms. The molecule has 2 rings (SSSR count). The van der Waals surface area contributed by atoms with Gasteiger partial charge in [-0.25, -0.2) is 4.98 Å². The Hall–Kier alpha value is -2.03. The molecule has 0 bridgehead atoms. The number of ether oxygens (including phenoxy) is 2. The molecular weight excluding hydrogens is 349 g/mol. The van der Waals surface area contributed by atoms with Crippen LogP contribution in [0.2, 0.25) is 0 Å². The van der Waals surface area contributed by atoms with E-state index in [0.717, 1.165) is 31.7 Å². The summed E-state index contributed by atoms with van der Waals surface area (Å²) in [6.07, 6.45) is -1.61. The molecule has 0 saturated carbocycles. The molecule has 1 aliphatic heterocycles. The van der Waals surface area contributed by atoms with Gasteiger partial charge in [-0.1, -0.05) is 0 Å². The molecule has 2 N–H and O–H groups in total. The second-order valence-corrected chi connectivity index (χ2v) is 6.26. The van der Waals surface area contributed by atoms with Crippen LogP contribution in [-0.4, -0.2) is 49.4 Å². The van der Waals surface area contributed by atoms with Crippen LogP contribution >= 0.6 is 0 Å². The lowest BCUT2D eigenvalue weighted by Gasteiger charge is -2.21. The van der Waals surface area contributed by atoms with E-state index in [1.54, 1.807) is 0 Å². The SMILES string of the molecule is CCNC(=NCC1(C)CCCO1)NCCOc1ccc(C(F)(F)F)cn1. The second-order valence-electron chi connectivity index (χ2n) is 6.26. The van der Waals surface area contributed by atoms with E-state index in [1.807, 2.05) is 13.8 Å². The maximum atomic E-state index is 12.5. The number of rotatable bonds is 7. The normalized spacial score (nSPS) is 20.9. The van der Waals surface area contributed by atoms with Gasteiger partial charge in [0.15, 0.2) is 5.96 Å². The Morgan fingerprint density at radius 2 is 2.19 bits per heavy atom. The van der Waals surface area contributed by atoms with Gasteiger partial charge < -0.3 is 20.1 Å². The van der Waals surface area contributed by atoms with Crippen LogP contribution in [0.3, 0.4) is 0 Å². The molecule has 1 unspecified atom stereocenters. The van der Waals surface area contributed by atoms with Crippen LogP contribution in [-0.2, 0) is 10.9 Å². The van der Waals surface area contributed by atoms with Crippen molar-refractivity contribution in [3.05, 3.63) is 23.9 Å². The molecule has 1 aromatic heterocycles. The average Bonchev–Trinajstić information content (AvgIpc) is 3.03. The highest BCUT2D eigenvalue weighted by Gasteiger charge is 2.31. The van der Waals surface area contributed by atoms with Crippen molar-refractivity contribution in [1.29, 1.82) is 0 Å². The molecule has 146 valence electrons. The lowest BCUT2D eigenvalue weighted by Crippen LogP contribution is -2.40. The minimum Gasteiger partial charge on any atom is -0.476 e. The first-order valence-electron chi connectivity index (χ1n) is 8.64. The van der Waals surface area contributed by atoms with Crippen LogP contribution in [0.4, 0.5) is 13.2 Å². The van der Waals surface area contributed by atoms with Gasteiger partial charge in [0, 0.05) is 25.4 Å². The van der Waals surface area contributed by atoms with Crippen LogP contribution in [0.1, 0.15) is 32.3 Å². The zero-order valence-electron chi connectivity index (χ0n) is 15.0. The van der Waals surface area contributed by atoms with Crippen molar-refractivity contribution in [2.24, 2.45) is 4.99 Å². The van der Waals surface area contributed by atoms with Gasteiger partial charge in [-0.05, 0) is 32.8 Å². The van der Waals surface area contributed by atoms with Gasteiger partial charge in [-0.2, -0.15) is 13.2 Å². The molecule has 0 amide bonds. The summed E-state index contributed by atoms with van der Waals surface area (Å²) in [6, 6.07) is 2.16. The summed E-state index contributed by atoms with van der Waals surface area (Å²) in [5.74, 6) is 0.793. The maximum Gasteiger partial charge on any atom is 0.417 e. The Bertz CT molecular complexity index is 585. The lowest BCUT2D eigenvalue weighted by atomic mass is 10.0. The highest BCUT2D eigenvalue weighted by Crippen LogP contribution is 2.29. The molecule has 6 nitrogen and oxygen atoms in total. The molecule has 1 aliphatic rings. The number of pyridine rings is 1. The molecule has 0 aromatic carbocycles. The first kappa shape index (κ1) is 20.3. The summed E-state index contributed by atoms with van der Waals surface area (Å²) in [7, 11) is 0. The predicted molar refractivity (Wildman–Crippen MR) is 92.3 cm³/mol. The standard InChI is InChI=1S/C17H25F3N4O2/c1-3-21-15(24-12-16(2)7-4-9-26-16)22-8-10-25-14-6-5-13(11-23-14)17(18,19)20/h5-6,11H,3-4,7-10,12H2,1-2H3,(H2,21,22,24). The van der Waals surface area contributed by atoms with E-state index in [4.69, 9.17) is 9.47 Å². The van der Waals surface area contributed by atoms with Crippen LogP contribution in [0, 0.1) is 0 Å². The number of aromatic nitrogens is 1. The van der Waals surface area contributed by atoms with Crippen molar-refractivity contribution < 1.29 is 22.6 Å². The fraction of sp³-hybridized carbons (Fsp3) is 0.647. The Morgan fingerprint density at radius 1 is 1.38 bits per heavy atom. The Morgan fingerprint density at radius 3 is 2.77 bits per heavy atom. The van der Waals surface area contributed by atoms with Gasteiger partial charge in [-0.3, -0.25) is 4.99 Å². The fourth-order valence-electron chi connectivity index (χ4n) is 2.51. The number of guanidine groups is 1. The fourth-order valence-corrected chi connectivity index (χ4v) is 2.51. The molecule has 0 aliphatic carbocycles. The van der Waals surface area contributed by atoms with Crippen molar-refractivity contribution >= 4 is 5.96 Å². The van der Waals surface area contributed by atoms with Gasteiger partial charge in [0.25, 0.3) is 0 Å². The molecule has 2 heterocycles. The predicted octanol–water partition coefficient (Wildman–Crippen LogP) is 2.60. The first-order valence-corrected chi connectivity index (χ1v) is 8.64. The van der Waals surface area contributed by atoms with Crippen molar-refractivity contribution in [1.82, 2.24) is 15.6 Å².